The second kappa shape index (κ2) is 10.6. The summed E-state index contributed by atoms with van der Waals surface area (Å²) in [7, 11) is 1.68. The number of nitrogens with one attached hydrogen (secondary N) is 4. The summed E-state index contributed by atoms with van der Waals surface area (Å²) >= 11 is 0. The first-order valence-electron chi connectivity index (χ1n) is 8.55. The Bertz CT molecular complexity index is 873. The summed E-state index contributed by atoms with van der Waals surface area (Å²) in [5.41, 5.74) is 2.39. The summed E-state index contributed by atoms with van der Waals surface area (Å²) in [6.45, 7) is 1.24. The van der Waals surface area contributed by atoms with Crippen LogP contribution in [0.2, 0.25) is 0 Å². The number of benzene rings is 1. The van der Waals surface area contributed by atoms with Crippen molar-refractivity contribution in [3.8, 4) is 0 Å². The smallest absolute Gasteiger partial charge is 0.239 e. The Balaban J connectivity index is 0.00000261. The SMILES string of the molecule is CN=C(NCCc1c[nH]c2ccccc12)NCC(=O)NCc1ccco1.I. The molecule has 0 aliphatic rings. The lowest BCUT2D eigenvalue weighted by atomic mass is 10.1. The van der Waals surface area contributed by atoms with Gasteiger partial charge >= 0.3 is 0 Å². The van der Waals surface area contributed by atoms with E-state index < -0.39 is 0 Å². The number of fused-ring (bicyclic) bond motifs is 1. The zero-order chi connectivity index (χ0) is 18.2. The number of aliphatic imine (C=N–C) groups is 1. The fourth-order valence-electron chi connectivity index (χ4n) is 2.70. The van der Waals surface area contributed by atoms with E-state index in [-0.39, 0.29) is 36.4 Å². The molecule has 0 bridgehead atoms. The van der Waals surface area contributed by atoms with Crippen molar-refractivity contribution in [2.24, 2.45) is 4.99 Å². The third kappa shape index (κ3) is 6.02. The minimum Gasteiger partial charge on any atom is -0.467 e. The fraction of sp³-hybridized carbons (Fsp3) is 0.263. The molecule has 3 aromatic rings. The molecule has 7 nitrogen and oxygen atoms in total. The van der Waals surface area contributed by atoms with Crippen LogP contribution in [-0.4, -0.2) is 37.0 Å². The molecular formula is C19H24IN5O2. The van der Waals surface area contributed by atoms with Gasteiger partial charge in [0, 0.05) is 30.7 Å². The highest BCUT2D eigenvalue weighted by atomic mass is 127. The third-order valence-electron chi connectivity index (χ3n) is 4.04. The molecule has 2 aromatic heterocycles. The largest absolute Gasteiger partial charge is 0.467 e. The Kier molecular flexibility index (Phi) is 8.18. The van der Waals surface area contributed by atoms with Crippen molar-refractivity contribution in [1.29, 1.82) is 0 Å². The highest BCUT2D eigenvalue weighted by molar-refractivity contribution is 14.0. The molecule has 1 amide bonds. The maximum absolute atomic E-state index is 11.9. The third-order valence-corrected chi connectivity index (χ3v) is 4.04. The number of rotatable bonds is 7. The van der Waals surface area contributed by atoms with E-state index in [1.54, 1.807) is 19.4 Å². The topological polar surface area (TPSA) is 94.5 Å². The Morgan fingerprint density at radius 1 is 1.15 bits per heavy atom. The van der Waals surface area contributed by atoms with Gasteiger partial charge in [0.2, 0.25) is 5.91 Å². The monoisotopic (exact) mass is 481 g/mol. The van der Waals surface area contributed by atoms with E-state index in [1.165, 1.54) is 10.9 Å². The molecular weight excluding hydrogens is 457 g/mol. The van der Waals surface area contributed by atoms with E-state index in [9.17, 15) is 4.79 Å². The molecule has 3 rings (SSSR count). The average molecular weight is 481 g/mol. The van der Waals surface area contributed by atoms with Gasteiger partial charge in [-0.15, -0.1) is 24.0 Å². The number of aromatic amines is 1. The summed E-state index contributed by atoms with van der Waals surface area (Å²) in [5.74, 6) is 1.19. The summed E-state index contributed by atoms with van der Waals surface area (Å²) in [6, 6.07) is 11.8. The van der Waals surface area contributed by atoms with Gasteiger partial charge in [-0.05, 0) is 30.2 Å². The van der Waals surface area contributed by atoms with Crippen LogP contribution in [-0.2, 0) is 17.8 Å². The average Bonchev–Trinajstić information content (AvgIpc) is 3.33. The van der Waals surface area contributed by atoms with Gasteiger partial charge in [-0.25, -0.2) is 0 Å². The van der Waals surface area contributed by atoms with Crippen LogP contribution < -0.4 is 16.0 Å². The van der Waals surface area contributed by atoms with Crippen LogP contribution in [0.3, 0.4) is 0 Å². The number of hydrogen-bond acceptors (Lipinski definition) is 3. The molecule has 8 heteroatoms. The van der Waals surface area contributed by atoms with Crippen LogP contribution in [0, 0.1) is 0 Å². The van der Waals surface area contributed by atoms with E-state index in [4.69, 9.17) is 4.42 Å². The number of nitrogens with zero attached hydrogens (tertiary/aromatic N) is 1. The number of para-hydroxylation sites is 1. The van der Waals surface area contributed by atoms with Crippen LogP contribution in [0.5, 0.6) is 0 Å². The minimum absolute atomic E-state index is 0. The lowest BCUT2D eigenvalue weighted by Gasteiger charge is -2.11. The highest BCUT2D eigenvalue weighted by Gasteiger charge is 2.06. The lowest BCUT2D eigenvalue weighted by Crippen LogP contribution is -2.43. The number of guanidine groups is 1. The van der Waals surface area contributed by atoms with Gasteiger partial charge in [0.25, 0.3) is 0 Å². The Hall–Kier alpha value is -2.49. The maximum Gasteiger partial charge on any atom is 0.239 e. The van der Waals surface area contributed by atoms with Crippen molar-refractivity contribution >= 4 is 46.7 Å². The molecule has 0 radical (unpaired) electrons. The molecule has 0 aliphatic carbocycles. The number of H-pyrrole nitrogens is 1. The molecule has 2 heterocycles. The maximum atomic E-state index is 11.9. The normalized spacial score (nSPS) is 11.1. The Morgan fingerprint density at radius 3 is 2.78 bits per heavy atom. The lowest BCUT2D eigenvalue weighted by molar-refractivity contribution is -0.120. The van der Waals surface area contributed by atoms with Crippen LogP contribution in [0.4, 0.5) is 0 Å². The molecule has 27 heavy (non-hydrogen) atoms. The van der Waals surface area contributed by atoms with Gasteiger partial charge in [-0.1, -0.05) is 18.2 Å². The molecule has 0 unspecified atom stereocenters. The number of amides is 1. The first-order valence-corrected chi connectivity index (χ1v) is 8.55. The standard InChI is InChI=1S/C19H23N5O2.HI/c1-20-19(24-13-18(25)23-12-15-5-4-10-26-15)21-9-8-14-11-22-17-7-3-2-6-16(14)17;/h2-7,10-11,22H,8-9,12-13H2,1H3,(H,23,25)(H2,20,21,24);1H. The summed E-state index contributed by atoms with van der Waals surface area (Å²) in [6.07, 6.45) is 4.47. The molecule has 0 fully saturated rings. The van der Waals surface area contributed by atoms with Crippen LogP contribution in [0.1, 0.15) is 11.3 Å². The predicted octanol–water partition coefficient (Wildman–Crippen LogP) is 2.40. The second-order valence-corrected chi connectivity index (χ2v) is 5.82. The Morgan fingerprint density at radius 2 is 2.00 bits per heavy atom. The zero-order valence-corrected chi connectivity index (χ0v) is 17.4. The predicted molar refractivity (Wildman–Crippen MR) is 117 cm³/mol. The summed E-state index contributed by atoms with van der Waals surface area (Å²) in [4.78, 5) is 19.3. The number of halogens is 1. The molecule has 1 aromatic carbocycles. The van der Waals surface area contributed by atoms with Crippen LogP contribution >= 0.6 is 24.0 Å². The summed E-state index contributed by atoms with van der Waals surface area (Å²) in [5, 5.41) is 10.2. The molecule has 0 saturated carbocycles. The minimum atomic E-state index is -0.124. The molecule has 0 atom stereocenters. The molecule has 0 aliphatic heterocycles. The van der Waals surface area contributed by atoms with Crippen LogP contribution in [0.15, 0.2) is 58.3 Å². The van der Waals surface area contributed by atoms with E-state index in [2.05, 4.69) is 38.1 Å². The van der Waals surface area contributed by atoms with Gasteiger partial charge in [0.1, 0.15) is 5.76 Å². The molecule has 144 valence electrons. The highest BCUT2D eigenvalue weighted by Crippen LogP contribution is 2.17. The van der Waals surface area contributed by atoms with E-state index in [0.717, 1.165) is 24.2 Å². The van der Waals surface area contributed by atoms with Crippen molar-refractivity contribution in [3.63, 3.8) is 0 Å². The van der Waals surface area contributed by atoms with Gasteiger partial charge in [-0.3, -0.25) is 9.79 Å². The van der Waals surface area contributed by atoms with Gasteiger partial charge in [-0.2, -0.15) is 0 Å². The first kappa shape index (κ1) is 20.8. The fourth-order valence-corrected chi connectivity index (χ4v) is 2.70. The van der Waals surface area contributed by atoms with Crippen molar-refractivity contribution in [2.45, 2.75) is 13.0 Å². The van der Waals surface area contributed by atoms with Crippen molar-refractivity contribution in [3.05, 3.63) is 60.2 Å². The quantitative estimate of drug-likeness (QED) is 0.237. The number of furan rings is 1. The summed E-state index contributed by atoms with van der Waals surface area (Å²) < 4.78 is 5.18. The van der Waals surface area contributed by atoms with E-state index in [1.807, 2.05) is 24.4 Å². The van der Waals surface area contributed by atoms with E-state index >= 15 is 0 Å². The second-order valence-electron chi connectivity index (χ2n) is 5.82. The number of carbonyl (C=O) groups is 1. The molecule has 0 spiro atoms. The van der Waals surface area contributed by atoms with Crippen LogP contribution in [0.25, 0.3) is 10.9 Å². The van der Waals surface area contributed by atoms with Crippen molar-refractivity contribution in [1.82, 2.24) is 20.9 Å². The zero-order valence-electron chi connectivity index (χ0n) is 15.1. The molecule has 4 N–H and O–H groups in total. The van der Waals surface area contributed by atoms with Gasteiger partial charge < -0.3 is 25.4 Å². The van der Waals surface area contributed by atoms with Crippen molar-refractivity contribution in [2.75, 3.05) is 20.1 Å². The van der Waals surface area contributed by atoms with Gasteiger partial charge in [0.05, 0.1) is 19.4 Å². The van der Waals surface area contributed by atoms with Crippen molar-refractivity contribution < 1.29 is 9.21 Å². The number of hydrogen-bond donors (Lipinski definition) is 4. The van der Waals surface area contributed by atoms with E-state index in [0.29, 0.717) is 12.5 Å². The number of aromatic nitrogens is 1. The number of carbonyl (C=O) groups excluding carboxylic acids is 1. The first-order chi connectivity index (χ1) is 12.8. The van der Waals surface area contributed by atoms with Gasteiger partial charge in [0.15, 0.2) is 5.96 Å². The molecule has 0 saturated heterocycles. The Labute approximate surface area is 175 Å².